The van der Waals surface area contributed by atoms with Gasteiger partial charge in [-0.3, -0.25) is 0 Å². The molecule has 4 aromatic rings. The normalized spacial score (nSPS) is 14.2. The Bertz CT molecular complexity index is 1580. The molecule has 0 bridgehead atoms. The van der Waals surface area contributed by atoms with Crippen LogP contribution in [0.1, 0.15) is 35.2 Å². The minimum atomic E-state index is -3.85. The van der Waals surface area contributed by atoms with Crippen molar-refractivity contribution in [2.75, 3.05) is 19.6 Å². The quantitative estimate of drug-likeness (QED) is 0.309. The van der Waals surface area contributed by atoms with Crippen LogP contribution in [0.15, 0.2) is 89.5 Å². The number of nitrogens with zero attached hydrogens (tertiary/aromatic N) is 4. The summed E-state index contributed by atoms with van der Waals surface area (Å²) in [5.41, 5.74) is 5.22. The molecule has 0 aliphatic carbocycles. The molecule has 6 nitrogen and oxygen atoms in total. The van der Waals surface area contributed by atoms with E-state index < -0.39 is 10.0 Å². The summed E-state index contributed by atoms with van der Waals surface area (Å²) in [6, 6.07) is 18.8. The van der Waals surface area contributed by atoms with E-state index in [0.717, 1.165) is 46.7 Å². The smallest absolute Gasteiger partial charge is 0.284 e. The third-order valence-electron chi connectivity index (χ3n) is 6.85. The average Bonchev–Trinajstić information content (AvgIpc) is 3.45. The van der Waals surface area contributed by atoms with Crippen molar-refractivity contribution >= 4 is 15.6 Å². The highest BCUT2D eigenvalue weighted by Crippen LogP contribution is 2.32. The molecule has 1 fully saturated rings. The van der Waals surface area contributed by atoms with Crippen molar-refractivity contribution < 1.29 is 17.2 Å². The molecule has 0 radical (unpaired) electrons. The van der Waals surface area contributed by atoms with Crippen LogP contribution in [0.25, 0.3) is 5.57 Å². The Hall–Kier alpha value is -4.13. The summed E-state index contributed by atoms with van der Waals surface area (Å²) >= 11 is 0. The van der Waals surface area contributed by atoms with Gasteiger partial charge >= 0.3 is 0 Å². The molecule has 198 valence electrons. The van der Waals surface area contributed by atoms with Crippen LogP contribution in [-0.2, 0) is 16.4 Å². The summed E-state index contributed by atoms with van der Waals surface area (Å²) in [5.74, 6) is 1.86. The van der Waals surface area contributed by atoms with Gasteiger partial charge in [-0.2, -0.15) is 8.42 Å². The monoisotopic (exact) mass is 544 g/mol. The Kier molecular flexibility index (Phi) is 7.68. The lowest BCUT2D eigenvalue weighted by Gasteiger charge is -2.30. The van der Waals surface area contributed by atoms with Crippen LogP contribution in [0.3, 0.4) is 0 Å². The number of terminal acetylenes is 1. The largest absolute Gasteiger partial charge is 0.302 e. The Morgan fingerprint density at radius 2 is 1.44 bits per heavy atom. The molecule has 1 saturated heterocycles. The summed E-state index contributed by atoms with van der Waals surface area (Å²) < 4.78 is 53.8. The van der Waals surface area contributed by atoms with Crippen molar-refractivity contribution in [1.29, 1.82) is 0 Å². The van der Waals surface area contributed by atoms with Gasteiger partial charge in [0, 0.05) is 31.6 Å². The predicted octanol–water partition coefficient (Wildman–Crippen LogP) is 4.92. The van der Waals surface area contributed by atoms with Crippen LogP contribution in [0.5, 0.6) is 0 Å². The summed E-state index contributed by atoms with van der Waals surface area (Å²) in [4.78, 5) is 2.38. The molecular formula is C30H26F2N4O2S. The highest BCUT2D eigenvalue weighted by atomic mass is 32.2. The maximum atomic E-state index is 13.6. The molecule has 0 N–H and O–H groups in total. The zero-order chi connectivity index (χ0) is 27.4. The Balaban J connectivity index is 1.26. The summed E-state index contributed by atoms with van der Waals surface area (Å²) in [5, 5.41) is 7.91. The molecule has 0 unspecified atom stereocenters. The summed E-state index contributed by atoms with van der Waals surface area (Å²) in [6.45, 7) is 2.30. The third-order valence-corrected chi connectivity index (χ3v) is 8.39. The molecule has 1 aromatic heterocycles. The number of hydrogen-bond acceptors (Lipinski definition) is 5. The van der Waals surface area contributed by atoms with Crippen molar-refractivity contribution in [2.45, 2.75) is 24.2 Å². The number of aromatic nitrogens is 3. The van der Waals surface area contributed by atoms with E-state index in [1.165, 1.54) is 48.2 Å². The van der Waals surface area contributed by atoms with Crippen molar-refractivity contribution in [3.63, 3.8) is 0 Å². The molecule has 0 saturated carbocycles. The van der Waals surface area contributed by atoms with E-state index in [0.29, 0.717) is 24.2 Å². The first-order chi connectivity index (χ1) is 18.8. The van der Waals surface area contributed by atoms with Gasteiger partial charge in [0.05, 0.1) is 16.8 Å². The van der Waals surface area contributed by atoms with Gasteiger partial charge in [-0.25, -0.2) is 8.78 Å². The fraction of sp³-hybridized carbons (Fsp3) is 0.200. The second kappa shape index (κ2) is 11.3. The first kappa shape index (κ1) is 26.5. The second-order valence-corrected chi connectivity index (χ2v) is 11.1. The van der Waals surface area contributed by atoms with Gasteiger partial charge in [-0.05, 0) is 78.1 Å². The van der Waals surface area contributed by atoms with E-state index in [4.69, 9.17) is 6.42 Å². The Labute approximate surface area is 226 Å². The van der Waals surface area contributed by atoms with Crippen molar-refractivity contribution in [2.24, 2.45) is 0 Å². The number of rotatable bonds is 7. The minimum Gasteiger partial charge on any atom is -0.302 e. The first-order valence-corrected chi connectivity index (χ1v) is 14.0. The topological polar surface area (TPSA) is 68.1 Å². The fourth-order valence-corrected chi connectivity index (χ4v) is 5.81. The summed E-state index contributed by atoms with van der Waals surface area (Å²) in [7, 11) is -3.85. The van der Waals surface area contributed by atoms with Crippen molar-refractivity contribution in [1.82, 2.24) is 19.3 Å². The van der Waals surface area contributed by atoms with Gasteiger partial charge in [-0.1, -0.05) is 41.0 Å². The average molecular weight is 545 g/mol. The molecule has 39 heavy (non-hydrogen) atoms. The molecule has 0 spiro atoms. The molecule has 2 heterocycles. The van der Waals surface area contributed by atoms with Crippen LogP contribution in [0.4, 0.5) is 8.78 Å². The minimum absolute atomic E-state index is 0.0893. The van der Waals surface area contributed by atoms with Gasteiger partial charge in [0.15, 0.2) is 0 Å². The number of piperidine rings is 1. The lowest BCUT2D eigenvalue weighted by Crippen LogP contribution is -2.33. The van der Waals surface area contributed by atoms with Gasteiger partial charge in [-0.15, -0.1) is 15.6 Å². The van der Waals surface area contributed by atoms with Gasteiger partial charge in [0.25, 0.3) is 10.0 Å². The zero-order valence-corrected chi connectivity index (χ0v) is 21.9. The number of benzene rings is 3. The van der Waals surface area contributed by atoms with Crippen molar-refractivity contribution in [3.8, 4) is 12.3 Å². The first-order valence-electron chi connectivity index (χ1n) is 12.5. The molecule has 1 aliphatic rings. The molecule has 0 atom stereocenters. The van der Waals surface area contributed by atoms with E-state index in [1.54, 1.807) is 36.4 Å². The molecule has 0 amide bonds. The number of halogens is 2. The van der Waals surface area contributed by atoms with Crippen LogP contribution in [-0.4, -0.2) is 47.4 Å². The molecule has 9 heteroatoms. The lowest BCUT2D eigenvalue weighted by atomic mass is 9.88. The molecule has 3 aromatic carbocycles. The highest BCUT2D eigenvalue weighted by molar-refractivity contribution is 7.89. The van der Waals surface area contributed by atoms with Gasteiger partial charge in [0.1, 0.15) is 11.6 Å². The highest BCUT2D eigenvalue weighted by Gasteiger charge is 2.21. The Morgan fingerprint density at radius 1 is 0.872 bits per heavy atom. The van der Waals surface area contributed by atoms with Crippen LogP contribution < -0.4 is 0 Å². The lowest BCUT2D eigenvalue weighted by molar-refractivity contribution is 0.259. The maximum absolute atomic E-state index is 13.6. The number of likely N-dealkylation sites (tertiary alicyclic amines) is 1. The van der Waals surface area contributed by atoms with E-state index in [1.807, 2.05) is 0 Å². The third kappa shape index (κ3) is 5.98. The standard InChI is InChI=1S/C30H26F2N4O2S/c1-2-22-3-13-29(14-4-22)39(37,38)36-21-28(33-34-36)17-20-35-18-15-25(16-19-35)30(23-5-9-26(31)10-6-23)24-7-11-27(32)12-8-24/h1,3-14,21H,15-20H2. The molecular weight excluding hydrogens is 518 g/mol. The zero-order valence-electron chi connectivity index (χ0n) is 21.1. The van der Waals surface area contributed by atoms with E-state index in [9.17, 15) is 17.2 Å². The SMILES string of the molecule is C#Cc1ccc(S(=O)(=O)n2cc(CCN3CCC(=C(c4ccc(F)cc4)c4ccc(F)cc4)CC3)nn2)cc1. The molecule has 1 aliphatic heterocycles. The van der Waals surface area contributed by atoms with Crippen LogP contribution in [0, 0.1) is 24.0 Å². The predicted molar refractivity (Wildman–Crippen MR) is 145 cm³/mol. The van der Waals surface area contributed by atoms with E-state index in [2.05, 4.69) is 21.1 Å². The second-order valence-electron chi connectivity index (χ2n) is 9.34. The number of hydrogen-bond donors (Lipinski definition) is 0. The maximum Gasteiger partial charge on any atom is 0.284 e. The van der Waals surface area contributed by atoms with Crippen molar-refractivity contribution in [3.05, 3.63) is 119 Å². The Morgan fingerprint density at radius 3 is 1.97 bits per heavy atom. The van der Waals surface area contributed by atoms with Gasteiger partial charge in [0.2, 0.25) is 0 Å². The fourth-order valence-electron chi connectivity index (χ4n) is 4.72. The van der Waals surface area contributed by atoms with Crippen LogP contribution >= 0.6 is 0 Å². The summed E-state index contributed by atoms with van der Waals surface area (Å²) in [6.07, 6.45) is 8.95. The van der Waals surface area contributed by atoms with Gasteiger partial charge < -0.3 is 4.90 Å². The van der Waals surface area contributed by atoms with Crippen LogP contribution in [0.2, 0.25) is 0 Å². The van der Waals surface area contributed by atoms with E-state index in [-0.39, 0.29) is 16.5 Å². The van der Waals surface area contributed by atoms with E-state index >= 15 is 0 Å². The molecule has 5 rings (SSSR count).